The Balaban J connectivity index is 2.17. The Morgan fingerprint density at radius 3 is 3.17 bits per heavy atom. The van der Waals surface area contributed by atoms with Crippen molar-refractivity contribution in [3.05, 3.63) is 5.51 Å². The van der Waals surface area contributed by atoms with E-state index >= 15 is 0 Å². The summed E-state index contributed by atoms with van der Waals surface area (Å²) in [5, 5.41) is 20.6. The zero-order valence-electron chi connectivity index (χ0n) is 7.03. The van der Waals surface area contributed by atoms with Crippen molar-refractivity contribution in [3.8, 4) is 0 Å². The van der Waals surface area contributed by atoms with E-state index in [2.05, 4.69) is 15.5 Å². The third kappa shape index (κ3) is 3.15. The summed E-state index contributed by atoms with van der Waals surface area (Å²) in [6, 6.07) is 0. The van der Waals surface area contributed by atoms with Gasteiger partial charge in [-0.2, -0.15) is 0 Å². The number of nitrogens with zero attached hydrogens (tertiary/aromatic N) is 2. The molecule has 0 spiro atoms. The van der Waals surface area contributed by atoms with Crippen LogP contribution in [0, 0.1) is 0 Å². The average molecular weight is 187 g/mol. The lowest BCUT2D eigenvalue weighted by Gasteiger charge is -2.08. The van der Waals surface area contributed by atoms with E-state index in [0.29, 0.717) is 6.54 Å². The Morgan fingerprint density at radius 1 is 1.75 bits per heavy atom. The largest absolute Gasteiger partial charge is 0.391 e. The normalized spacial score (nSPS) is 12.8. The zero-order chi connectivity index (χ0) is 8.81. The number of aliphatic hydroxyl groups excluding tert-OH is 1. The van der Waals surface area contributed by atoms with Crippen LogP contribution in [-0.2, 0) is 0 Å². The molecule has 1 heterocycles. The van der Waals surface area contributed by atoms with Crippen LogP contribution in [0.25, 0.3) is 0 Å². The lowest BCUT2D eigenvalue weighted by atomic mass is 10.2. The number of rotatable bonds is 5. The Kier molecular flexibility index (Phi) is 3.96. The number of aliphatic hydroxyl groups is 1. The molecule has 0 bridgehead atoms. The molecule has 0 fully saturated rings. The number of aromatic nitrogens is 2. The fourth-order valence-corrected chi connectivity index (χ4v) is 1.35. The number of hydrogen-bond acceptors (Lipinski definition) is 5. The van der Waals surface area contributed by atoms with Crippen LogP contribution in [0.15, 0.2) is 5.51 Å². The highest BCUT2D eigenvalue weighted by Gasteiger charge is 2.02. The summed E-state index contributed by atoms with van der Waals surface area (Å²) >= 11 is 1.44. The van der Waals surface area contributed by atoms with Crippen molar-refractivity contribution in [1.82, 2.24) is 10.2 Å². The van der Waals surface area contributed by atoms with E-state index in [0.717, 1.165) is 18.0 Å². The summed E-state index contributed by atoms with van der Waals surface area (Å²) in [6.07, 6.45) is 1.55. The van der Waals surface area contributed by atoms with Crippen LogP contribution in [0.1, 0.15) is 19.8 Å². The van der Waals surface area contributed by atoms with Gasteiger partial charge in [-0.3, -0.25) is 0 Å². The van der Waals surface area contributed by atoms with E-state index in [9.17, 15) is 5.11 Å². The average Bonchev–Trinajstić information content (AvgIpc) is 2.53. The SMILES string of the molecule is CCCC(O)CNc1nncs1. The van der Waals surface area contributed by atoms with E-state index in [-0.39, 0.29) is 6.10 Å². The first kappa shape index (κ1) is 9.41. The van der Waals surface area contributed by atoms with Crippen LogP contribution in [0.4, 0.5) is 5.13 Å². The summed E-state index contributed by atoms with van der Waals surface area (Å²) < 4.78 is 0. The molecular weight excluding hydrogens is 174 g/mol. The maximum atomic E-state index is 9.34. The molecule has 0 amide bonds. The second-order valence-electron chi connectivity index (χ2n) is 2.57. The van der Waals surface area contributed by atoms with Crippen molar-refractivity contribution in [1.29, 1.82) is 0 Å². The first-order valence-electron chi connectivity index (χ1n) is 4.01. The second kappa shape index (κ2) is 5.05. The van der Waals surface area contributed by atoms with Gasteiger partial charge in [0.2, 0.25) is 5.13 Å². The molecule has 0 aliphatic carbocycles. The topological polar surface area (TPSA) is 58.0 Å². The third-order valence-electron chi connectivity index (χ3n) is 1.47. The van der Waals surface area contributed by atoms with Crippen molar-refractivity contribution in [2.75, 3.05) is 11.9 Å². The van der Waals surface area contributed by atoms with Gasteiger partial charge in [-0.25, -0.2) is 0 Å². The lowest BCUT2D eigenvalue weighted by molar-refractivity contribution is 0.176. The van der Waals surface area contributed by atoms with Crippen LogP contribution in [0.3, 0.4) is 0 Å². The molecule has 12 heavy (non-hydrogen) atoms. The molecule has 4 nitrogen and oxygen atoms in total. The molecule has 0 saturated carbocycles. The molecule has 2 N–H and O–H groups in total. The van der Waals surface area contributed by atoms with E-state index in [1.165, 1.54) is 11.3 Å². The second-order valence-corrected chi connectivity index (χ2v) is 3.40. The van der Waals surface area contributed by atoms with Crippen molar-refractivity contribution in [2.24, 2.45) is 0 Å². The molecule has 0 aliphatic rings. The highest BCUT2D eigenvalue weighted by atomic mass is 32.1. The zero-order valence-corrected chi connectivity index (χ0v) is 7.84. The quantitative estimate of drug-likeness (QED) is 0.725. The standard InChI is InChI=1S/C7H13N3OS/c1-2-3-6(11)4-8-7-10-9-5-12-7/h5-6,11H,2-4H2,1H3,(H,8,10). The maximum absolute atomic E-state index is 9.34. The van der Waals surface area contributed by atoms with E-state index in [4.69, 9.17) is 0 Å². The third-order valence-corrected chi connectivity index (χ3v) is 2.12. The van der Waals surface area contributed by atoms with Gasteiger partial charge < -0.3 is 10.4 Å². The lowest BCUT2D eigenvalue weighted by Crippen LogP contribution is -2.18. The van der Waals surface area contributed by atoms with Crippen LogP contribution < -0.4 is 5.32 Å². The predicted octanol–water partition coefficient (Wildman–Crippen LogP) is 1.11. The Bertz CT molecular complexity index is 202. The molecule has 0 aliphatic heterocycles. The number of anilines is 1. The monoisotopic (exact) mass is 187 g/mol. The summed E-state index contributed by atoms with van der Waals surface area (Å²) in [6.45, 7) is 2.61. The van der Waals surface area contributed by atoms with Crippen molar-refractivity contribution >= 4 is 16.5 Å². The summed E-state index contributed by atoms with van der Waals surface area (Å²) in [7, 11) is 0. The van der Waals surface area contributed by atoms with E-state index in [1.54, 1.807) is 5.51 Å². The molecule has 1 atom stereocenters. The van der Waals surface area contributed by atoms with Crippen LogP contribution in [0.2, 0.25) is 0 Å². The van der Waals surface area contributed by atoms with Gasteiger partial charge >= 0.3 is 0 Å². The number of hydrogen-bond donors (Lipinski definition) is 2. The van der Waals surface area contributed by atoms with Crippen molar-refractivity contribution in [2.45, 2.75) is 25.9 Å². The minimum atomic E-state index is -0.279. The Labute approximate surface area is 75.6 Å². The molecule has 1 unspecified atom stereocenters. The van der Waals surface area contributed by atoms with Crippen LogP contribution >= 0.6 is 11.3 Å². The summed E-state index contributed by atoms with van der Waals surface area (Å²) in [4.78, 5) is 0. The first-order valence-corrected chi connectivity index (χ1v) is 4.89. The smallest absolute Gasteiger partial charge is 0.205 e. The molecule has 5 heteroatoms. The van der Waals surface area contributed by atoms with Crippen LogP contribution in [0.5, 0.6) is 0 Å². The van der Waals surface area contributed by atoms with Gasteiger partial charge in [0.15, 0.2) is 0 Å². The highest BCUT2D eigenvalue weighted by Crippen LogP contribution is 2.08. The molecular formula is C7H13N3OS. The van der Waals surface area contributed by atoms with E-state index < -0.39 is 0 Å². The summed E-state index contributed by atoms with van der Waals surface area (Å²) in [5.41, 5.74) is 1.66. The Morgan fingerprint density at radius 2 is 2.58 bits per heavy atom. The number of nitrogens with one attached hydrogen (secondary N) is 1. The van der Waals surface area contributed by atoms with Gasteiger partial charge in [-0.1, -0.05) is 24.7 Å². The van der Waals surface area contributed by atoms with Gasteiger partial charge in [0, 0.05) is 6.54 Å². The minimum absolute atomic E-state index is 0.279. The Hall–Kier alpha value is -0.680. The van der Waals surface area contributed by atoms with Gasteiger partial charge in [0.05, 0.1) is 6.10 Å². The molecule has 0 saturated heterocycles. The molecule has 0 aromatic carbocycles. The van der Waals surface area contributed by atoms with Gasteiger partial charge in [-0.05, 0) is 6.42 Å². The van der Waals surface area contributed by atoms with Crippen LogP contribution in [-0.4, -0.2) is 28.0 Å². The summed E-state index contributed by atoms with van der Waals surface area (Å²) in [5.74, 6) is 0. The predicted molar refractivity (Wildman–Crippen MR) is 49.3 cm³/mol. The van der Waals surface area contributed by atoms with Crippen molar-refractivity contribution in [3.63, 3.8) is 0 Å². The van der Waals surface area contributed by atoms with E-state index in [1.807, 2.05) is 6.92 Å². The molecule has 68 valence electrons. The van der Waals surface area contributed by atoms with Crippen molar-refractivity contribution < 1.29 is 5.11 Å². The molecule has 1 aromatic rings. The first-order chi connectivity index (χ1) is 5.83. The minimum Gasteiger partial charge on any atom is -0.391 e. The molecule has 1 rings (SSSR count). The van der Waals surface area contributed by atoms with Gasteiger partial charge in [-0.15, -0.1) is 10.2 Å². The fourth-order valence-electron chi connectivity index (χ4n) is 0.891. The highest BCUT2D eigenvalue weighted by molar-refractivity contribution is 7.13. The molecule has 0 radical (unpaired) electrons. The molecule has 1 aromatic heterocycles. The maximum Gasteiger partial charge on any atom is 0.205 e. The van der Waals surface area contributed by atoms with Gasteiger partial charge in [0.25, 0.3) is 0 Å². The van der Waals surface area contributed by atoms with Gasteiger partial charge in [0.1, 0.15) is 5.51 Å². The fraction of sp³-hybridized carbons (Fsp3) is 0.714.